The summed E-state index contributed by atoms with van der Waals surface area (Å²) in [7, 11) is 1.80. The fourth-order valence-corrected chi connectivity index (χ4v) is 3.19. The Bertz CT molecular complexity index is 751. The first-order valence-corrected chi connectivity index (χ1v) is 11.9. The molecule has 0 aliphatic rings. The van der Waals surface area contributed by atoms with Crippen LogP contribution in [0.2, 0.25) is 0 Å². The first-order chi connectivity index (χ1) is 17.1. The second-order valence-corrected chi connectivity index (χ2v) is 8.13. The van der Waals surface area contributed by atoms with E-state index < -0.39 is 29.8 Å². The Morgan fingerprint density at radius 1 is 0.833 bits per heavy atom. The first kappa shape index (κ1) is 32.6. The van der Waals surface area contributed by atoms with Crippen LogP contribution in [0.4, 0.5) is 0 Å². The van der Waals surface area contributed by atoms with Crippen molar-refractivity contribution >= 4 is 35.5 Å². The number of ether oxygens (including phenoxy) is 2. The van der Waals surface area contributed by atoms with E-state index in [1.807, 2.05) is 0 Å². The molecule has 0 heterocycles. The Hall–Kier alpha value is -3.42. The van der Waals surface area contributed by atoms with Crippen molar-refractivity contribution in [2.24, 2.45) is 38.8 Å². The largest absolute Gasteiger partial charge is 0.462 e. The van der Waals surface area contributed by atoms with Crippen LogP contribution < -0.4 is 33.6 Å². The Morgan fingerprint density at radius 3 is 1.92 bits per heavy atom. The molecule has 0 spiro atoms. The van der Waals surface area contributed by atoms with Gasteiger partial charge in [-0.3, -0.25) is 24.4 Å². The zero-order valence-electron chi connectivity index (χ0n) is 21.3. The van der Waals surface area contributed by atoms with Gasteiger partial charge in [-0.15, -0.1) is 0 Å². The highest BCUT2D eigenvalue weighted by Crippen LogP contribution is 2.16. The van der Waals surface area contributed by atoms with Crippen LogP contribution in [-0.4, -0.2) is 81.5 Å². The molecular weight excluding hydrogens is 472 g/mol. The van der Waals surface area contributed by atoms with Crippen LogP contribution in [0.15, 0.2) is 9.98 Å². The van der Waals surface area contributed by atoms with Crippen molar-refractivity contribution in [3.63, 3.8) is 0 Å². The topological polar surface area (TPSA) is 240 Å². The van der Waals surface area contributed by atoms with Gasteiger partial charge in [0.25, 0.3) is 0 Å². The Balaban J connectivity index is 4.72. The summed E-state index contributed by atoms with van der Waals surface area (Å²) in [5.41, 5.74) is 21.2. The normalized spacial score (nSPS) is 12.1. The molecule has 14 nitrogen and oxygen atoms in total. The fraction of sp³-hybridized carbons (Fsp3) is 0.727. The molecule has 36 heavy (non-hydrogen) atoms. The summed E-state index contributed by atoms with van der Waals surface area (Å²) in [4.78, 5) is 56.3. The van der Waals surface area contributed by atoms with Crippen molar-refractivity contribution in [2.45, 2.75) is 57.9 Å². The number of nitrogens with two attached hydrogens (primary N) is 4. The van der Waals surface area contributed by atoms with Gasteiger partial charge in [0.05, 0.1) is 5.92 Å². The number of nitrogens with one attached hydrogen (secondary N) is 2. The van der Waals surface area contributed by atoms with Gasteiger partial charge < -0.3 is 43.0 Å². The summed E-state index contributed by atoms with van der Waals surface area (Å²) >= 11 is 0. The van der Waals surface area contributed by atoms with E-state index in [1.54, 1.807) is 7.05 Å². The number of rotatable bonds is 20. The lowest BCUT2D eigenvalue weighted by molar-refractivity contribution is -0.157. The maximum Gasteiger partial charge on any atom is 0.328 e. The molecule has 2 unspecified atom stereocenters. The molecule has 0 saturated carbocycles. The lowest BCUT2D eigenvalue weighted by Crippen LogP contribution is -2.41. The van der Waals surface area contributed by atoms with Crippen LogP contribution in [0.5, 0.6) is 0 Å². The van der Waals surface area contributed by atoms with Crippen LogP contribution >= 0.6 is 0 Å². The van der Waals surface area contributed by atoms with Gasteiger partial charge in [-0.1, -0.05) is 0 Å². The van der Waals surface area contributed by atoms with Crippen molar-refractivity contribution in [3.8, 4) is 0 Å². The molecule has 14 heteroatoms. The Labute approximate surface area is 212 Å². The number of esters is 2. The van der Waals surface area contributed by atoms with Crippen molar-refractivity contribution in [1.29, 1.82) is 0 Å². The molecule has 0 aromatic carbocycles. The molecule has 2 atom stereocenters. The van der Waals surface area contributed by atoms with E-state index >= 15 is 0 Å². The average molecular weight is 515 g/mol. The summed E-state index contributed by atoms with van der Waals surface area (Å²) in [6.07, 6.45) is 2.64. The summed E-state index contributed by atoms with van der Waals surface area (Å²) in [5, 5.41) is 5.48. The molecule has 1 amide bonds. The molecule has 0 aliphatic heterocycles. The molecule has 0 aromatic rings. The molecule has 0 rings (SSSR count). The van der Waals surface area contributed by atoms with Crippen LogP contribution in [0.25, 0.3) is 0 Å². The van der Waals surface area contributed by atoms with Crippen LogP contribution in [0, 0.1) is 5.92 Å². The first-order valence-electron chi connectivity index (χ1n) is 11.9. The SMILES string of the molecule is CNCCCC(=O)CC(CCCN=C(N)N)C(=O)OCCOC(=O)C(CCCN=C(N)N)NC(C)=O. The van der Waals surface area contributed by atoms with E-state index in [4.69, 9.17) is 32.4 Å². The number of hydrogen-bond acceptors (Lipinski definition) is 9. The minimum absolute atomic E-state index is 0.0423. The van der Waals surface area contributed by atoms with Crippen molar-refractivity contribution < 1.29 is 28.7 Å². The third kappa shape index (κ3) is 18.0. The minimum atomic E-state index is -0.883. The number of guanidine groups is 2. The molecule has 0 aromatic heterocycles. The predicted molar refractivity (Wildman–Crippen MR) is 136 cm³/mol. The summed E-state index contributed by atoms with van der Waals surface area (Å²) in [5.74, 6) is -2.43. The zero-order chi connectivity index (χ0) is 27.3. The van der Waals surface area contributed by atoms with Gasteiger partial charge in [-0.05, 0) is 45.7 Å². The molecule has 0 fully saturated rings. The Morgan fingerprint density at radius 2 is 1.39 bits per heavy atom. The van der Waals surface area contributed by atoms with E-state index in [9.17, 15) is 19.2 Å². The molecule has 0 aliphatic carbocycles. The average Bonchev–Trinajstić information content (AvgIpc) is 2.80. The number of Topliss-reactive ketones (excluding diaryl/α,β-unsaturated/α-hetero) is 1. The monoisotopic (exact) mass is 514 g/mol. The van der Waals surface area contributed by atoms with Crippen molar-refractivity contribution in [3.05, 3.63) is 0 Å². The Kier molecular flexibility index (Phi) is 18.0. The van der Waals surface area contributed by atoms with Gasteiger partial charge in [0.1, 0.15) is 25.0 Å². The quantitative estimate of drug-likeness (QED) is 0.0461. The second-order valence-electron chi connectivity index (χ2n) is 8.13. The van der Waals surface area contributed by atoms with Gasteiger partial charge in [0.15, 0.2) is 11.9 Å². The fourth-order valence-electron chi connectivity index (χ4n) is 3.19. The number of aliphatic imine (C=N–C) groups is 2. The third-order valence-corrected chi connectivity index (χ3v) is 4.87. The standard InChI is InChI=1S/C22H42N8O6/c1-15(31)30-18(8-5-11-29-22(25)26)20(34)36-13-12-35-19(33)16(6-3-10-28-21(23)24)14-17(32)7-4-9-27-2/h16,18,27H,3-14H2,1-2H3,(H,30,31)(H4,23,24,28)(H4,25,26,29). The second kappa shape index (κ2) is 19.8. The minimum Gasteiger partial charge on any atom is -0.462 e. The van der Waals surface area contributed by atoms with E-state index in [1.165, 1.54) is 6.92 Å². The number of carbonyl (C=O) groups is 4. The number of carbonyl (C=O) groups excluding carboxylic acids is 4. The highest BCUT2D eigenvalue weighted by atomic mass is 16.6. The number of hydrogen-bond donors (Lipinski definition) is 6. The van der Waals surface area contributed by atoms with Crippen LogP contribution in [0.3, 0.4) is 0 Å². The lowest BCUT2D eigenvalue weighted by atomic mass is 9.95. The van der Waals surface area contributed by atoms with Crippen LogP contribution in [0.1, 0.15) is 51.9 Å². The summed E-state index contributed by atoms with van der Waals surface area (Å²) in [6, 6.07) is -0.883. The maximum absolute atomic E-state index is 12.6. The van der Waals surface area contributed by atoms with Gasteiger partial charge in [0.2, 0.25) is 5.91 Å². The number of nitrogens with zero attached hydrogens (tertiary/aromatic N) is 2. The molecule has 0 saturated heterocycles. The molecule has 0 bridgehead atoms. The number of ketones is 1. The highest BCUT2D eigenvalue weighted by Gasteiger charge is 2.24. The van der Waals surface area contributed by atoms with Gasteiger partial charge in [0, 0.05) is 32.9 Å². The van der Waals surface area contributed by atoms with E-state index in [0.717, 1.165) is 0 Å². The van der Waals surface area contributed by atoms with Crippen molar-refractivity contribution in [2.75, 3.05) is 39.9 Å². The maximum atomic E-state index is 12.6. The van der Waals surface area contributed by atoms with E-state index in [0.29, 0.717) is 51.7 Å². The molecule has 10 N–H and O–H groups in total. The zero-order valence-corrected chi connectivity index (χ0v) is 21.3. The van der Waals surface area contributed by atoms with Gasteiger partial charge >= 0.3 is 11.9 Å². The smallest absolute Gasteiger partial charge is 0.328 e. The van der Waals surface area contributed by atoms with Gasteiger partial charge in [-0.25, -0.2) is 4.79 Å². The highest BCUT2D eigenvalue weighted by molar-refractivity contribution is 5.84. The summed E-state index contributed by atoms with van der Waals surface area (Å²) < 4.78 is 10.4. The molecular formula is C22H42N8O6. The van der Waals surface area contributed by atoms with E-state index in [-0.39, 0.29) is 43.8 Å². The summed E-state index contributed by atoms with van der Waals surface area (Å²) in [6.45, 7) is 2.21. The van der Waals surface area contributed by atoms with E-state index in [2.05, 4.69) is 20.6 Å². The predicted octanol–water partition coefficient (Wildman–Crippen LogP) is -1.74. The van der Waals surface area contributed by atoms with Crippen LogP contribution in [-0.2, 0) is 28.7 Å². The third-order valence-electron chi connectivity index (χ3n) is 4.87. The lowest BCUT2D eigenvalue weighted by Gasteiger charge is -2.17. The number of amides is 1. The van der Waals surface area contributed by atoms with Crippen molar-refractivity contribution in [1.82, 2.24) is 10.6 Å². The molecule has 0 radical (unpaired) electrons. The van der Waals surface area contributed by atoms with Gasteiger partial charge in [-0.2, -0.15) is 0 Å². The molecule has 206 valence electrons.